The molecule has 2 heterocycles. The lowest BCUT2D eigenvalue weighted by molar-refractivity contribution is 0.174. The van der Waals surface area contributed by atoms with Gasteiger partial charge in [-0.05, 0) is 41.5 Å². The molecular weight excluding hydrogens is 372 g/mol. The molecule has 4 rings (SSSR count). The Morgan fingerprint density at radius 3 is 2.48 bits per heavy atom. The van der Waals surface area contributed by atoms with Crippen molar-refractivity contribution in [2.45, 2.75) is 13.1 Å². The van der Waals surface area contributed by atoms with E-state index < -0.39 is 0 Å². The standard InChI is InChI=1S/C21H22N4O4/c1-26-16-5-3-14(9-18(16)27-2)11-23-20-7-8-22-21(25-20)24-12-15-4-6-17-19(10-15)29-13-28-17/h3-10H,11-13H2,1-2H3,(H2,22,23,24,25). The molecule has 2 aromatic carbocycles. The number of fused-ring (bicyclic) bond motifs is 1. The third kappa shape index (κ3) is 4.43. The van der Waals surface area contributed by atoms with Crippen molar-refractivity contribution in [3.63, 3.8) is 0 Å². The van der Waals surface area contributed by atoms with Crippen LogP contribution in [0.4, 0.5) is 11.8 Å². The van der Waals surface area contributed by atoms with Crippen LogP contribution in [0.25, 0.3) is 0 Å². The maximum absolute atomic E-state index is 5.41. The number of rotatable bonds is 8. The topological polar surface area (TPSA) is 86.8 Å². The molecule has 1 aliphatic heterocycles. The zero-order valence-electron chi connectivity index (χ0n) is 16.3. The van der Waals surface area contributed by atoms with E-state index in [0.29, 0.717) is 30.5 Å². The van der Waals surface area contributed by atoms with E-state index in [1.807, 2.05) is 42.5 Å². The van der Waals surface area contributed by atoms with Gasteiger partial charge in [-0.1, -0.05) is 12.1 Å². The molecule has 150 valence electrons. The van der Waals surface area contributed by atoms with E-state index in [2.05, 4.69) is 20.6 Å². The Bertz CT molecular complexity index is 996. The molecule has 8 heteroatoms. The lowest BCUT2D eigenvalue weighted by Crippen LogP contribution is -2.07. The molecule has 0 bridgehead atoms. The molecule has 0 radical (unpaired) electrons. The summed E-state index contributed by atoms with van der Waals surface area (Å²) in [7, 11) is 3.24. The van der Waals surface area contributed by atoms with Crippen molar-refractivity contribution < 1.29 is 18.9 Å². The molecular formula is C21H22N4O4. The molecule has 29 heavy (non-hydrogen) atoms. The second kappa shape index (κ2) is 8.55. The van der Waals surface area contributed by atoms with Crippen molar-refractivity contribution in [1.29, 1.82) is 0 Å². The Hall–Kier alpha value is -3.68. The fourth-order valence-corrected chi connectivity index (χ4v) is 2.96. The SMILES string of the molecule is COc1ccc(CNc2ccnc(NCc3ccc4c(c3)OCO4)n2)cc1OC. The zero-order chi connectivity index (χ0) is 20.1. The van der Waals surface area contributed by atoms with Crippen LogP contribution in [-0.2, 0) is 13.1 Å². The molecule has 0 unspecified atom stereocenters. The van der Waals surface area contributed by atoms with Crippen LogP contribution in [-0.4, -0.2) is 31.0 Å². The van der Waals surface area contributed by atoms with Gasteiger partial charge in [-0.3, -0.25) is 0 Å². The van der Waals surface area contributed by atoms with Gasteiger partial charge in [-0.25, -0.2) is 4.98 Å². The van der Waals surface area contributed by atoms with Gasteiger partial charge in [0.05, 0.1) is 14.2 Å². The van der Waals surface area contributed by atoms with E-state index in [9.17, 15) is 0 Å². The monoisotopic (exact) mass is 394 g/mol. The van der Waals surface area contributed by atoms with Crippen LogP contribution < -0.4 is 29.6 Å². The molecule has 2 N–H and O–H groups in total. The van der Waals surface area contributed by atoms with E-state index >= 15 is 0 Å². The first-order valence-electron chi connectivity index (χ1n) is 9.15. The van der Waals surface area contributed by atoms with Crippen LogP contribution in [0.1, 0.15) is 11.1 Å². The smallest absolute Gasteiger partial charge is 0.231 e. The van der Waals surface area contributed by atoms with Gasteiger partial charge in [0.1, 0.15) is 5.82 Å². The molecule has 0 aliphatic carbocycles. The molecule has 3 aromatic rings. The number of nitrogens with one attached hydrogen (secondary N) is 2. The highest BCUT2D eigenvalue weighted by Gasteiger charge is 2.13. The molecule has 1 aliphatic rings. The van der Waals surface area contributed by atoms with Gasteiger partial charge in [-0.15, -0.1) is 0 Å². The molecule has 8 nitrogen and oxygen atoms in total. The fourth-order valence-electron chi connectivity index (χ4n) is 2.96. The van der Waals surface area contributed by atoms with E-state index in [-0.39, 0.29) is 6.79 Å². The van der Waals surface area contributed by atoms with Gasteiger partial charge in [0.15, 0.2) is 23.0 Å². The van der Waals surface area contributed by atoms with Gasteiger partial charge in [0.2, 0.25) is 12.7 Å². The van der Waals surface area contributed by atoms with Crippen molar-refractivity contribution in [2.24, 2.45) is 0 Å². The number of aromatic nitrogens is 2. The summed E-state index contributed by atoms with van der Waals surface area (Å²) in [5, 5.41) is 6.53. The molecule has 0 saturated carbocycles. The highest BCUT2D eigenvalue weighted by molar-refractivity contribution is 5.47. The Balaban J connectivity index is 1.36. The molecule has 1 aromatic heterocycles. The summed E-state index contributed by atoms with van der Waals surface area (Å²) in [5.74, 6) is 4.19. The summed E-state index contributed by atoms with van der Waals surface area (Å²) in [4.78, 5) is 8.78. The quantitative estimate of drug-likeness (QED) is 0.601. The number of benzene rings is 2. The molecule has 0 spiro atoms. The highest BCUT2D eigenvalue weighted by Crippen LogP contribution is 2.32. The second-order valence-corrected chi connectivity index (χ2v) is 6.35. The first kappa shape index (κ1) is 18.7. The van der Waals surface area contributed by atoms with E-state index in [0.717, 1.165) is 28.4 Å². The van der Waals surface area contributed by atoms with Gasteiger partial charge < -0.3 is 29.6 Å². The van der Waals surface area contributed by atoms with Gasteiger partial charge in [0.25, 0.3) is 0 Å². The Kier molecular flexibility index (Phi) is 5.51. The lowest BCUT2D eigenvalue weighted by Gasteiger charge is -2.11. The predicted molar refractivity (Wildman–Crippen MR) is 109 cm³/mol. The van der Waals surface area contributed by atoms with Crippen LogP contribution in [0.15, 0.2) is 48.7 Å². The minimum atomic E-state index is 0.267. The van der Waals surface area contributed by atoms with Crippen LogP contribution in [0.5, 0.6) is 23.0 Å². The maximum Gasteiger partial charge on any atom is 0.231 e. The minimum Gasteiger partial charge on any atom is -0.493 e. The molecule has 0 fully saturated rings. The first-order chi connectivity index (χ1) is 14.2. The summed E-state index contributed by atoms with van der Waals surface area (Å²) in [6.45, 7) is 1.44. The number of nitrogens with zero attached hydrogens (tertiary/aromatic N) is 2. The molecule has 0 amide bonds. The largest absolute Gasteiger partial charge is 0.493 e. The summed E-state index contributed by atoms with van der Waals surface area (Å²) in [6.07, 6.45) is 1.71. The number of hydrogen-bond acceptors (Lipinski definition) is 8. The number of anilines is 2. The summed E-state index contributed by atoms with van der Waals surface area (Å²) >= 11 is 0. The third-order valence-corrected chi connectivity index (χ3v) is 4.46. The number of methoxy groups -OCH3 is 2. The van der Waals surface area contributed by atoms with E-state index in [4.69, 9.17) is 18.9 Å². The van der Waals surface area contributed by atoms with Crippen molar-refractivity contribution in [3.8, 4) is 23.0 Å². The summed E-state index contributed by atoms with van der Waals surface area (Å²) < 4.78 is 21.4. The van der Waals surface area contributed by atoms with Gasteiger partial charge in [-0.2, -0.15) is 4.98 Å². The third-order valence-electron chi connectivity index (χ3n) is 4.46. The van der Waals surface area contributed by atoms with E-state index in [1.165, 1.54) is 0 Å². The fraction of sp³-hybridized carbons (Fsp3) is 0.238. The average Bonchev–Trinajstić information content (AvgIpc) is 3.24. The van der Waals surface area contributed by atoms with Crippen LogP contribution in [0.2, 0.25) is 0 Å². The Labute approximate surface area is 168 Å². The van der Waals surface area contributed by atoms with Crippen molar-refractivity contribution in [3.05, 3.63) is 59.8 Å². The summed E-state index contributed by atoms with van der Waals surface area (Å²) in [6, 6.07) is 13.5. The first-order valence-corrected chi connectivity index (χ1v) is 9.15. The average molecular weight is 394 g/mol. The van der Waals surface area contributed by atoms with Crippen LogP contribution >= 0.6 is 0 Å². The highest BCUT2D eigenvalue weighted by atomic mass is 16.7. The number of ether oxygens (including phenoxy) is 4. The minimum absolute atomic E-state index is 0.267. The van der Waals surface area contributed by atoms with Crippen molar-refractivity contribution in [1.82, 2.24) is 9.97 Å². The maximum atomic E-state index is 5.41. The zero-order valence-corrected chi connectivity index (χ0v) is 16.3. The van der Waals surface area contributed by atoms with Crippen LogP contribution in [0, 0.1) is 0 Å². The molecule has 0 atom stereocenters. The Morgan fingerprint density at radius 1 is 0.862 bits per heavy atom. The van der Waals surface area contributed by atoms with Crippen molar-refractivity contribution >= 4 is 11.8 Å². The van der Waals surface area contributed by atoms with Crippen LogP contribution in [0.3, 0.4) is 0 Å². The molecule has 0 saturated heterocycles. The Morgan fingerprint density at radius 2 is 1.62 bits per heavy atom. The number of hydrogen-bond donors (Lipinski definition) is 2. The van der Waals surface area contributed by atoms with Crippen molar-refractivity contribution in [2.75, 3.05) is 31.6 Å². The lowest BCUT2D eigenvalue weighted by atomic mass is 10.2. The predicted octanol–water partition coefficient (Wildman–Crippen LogP) is 3.45. The normalized spacial score (nSPS) is 11.8. The van der Waals surface area contributed by atoms with Gasteiger partial charge >= 0.3 is 0 Å². The summed E-state index contributed by atoms with van der Waals surface area (Å²) in [5.41, 5.74) is 2.11. The van der Waals surface area contributed by atoms with E-state index in [1.54, 1.807) is 20.4 Å². The van der Waals surface area contributed by atoms with Gasteiger partial charge in [0, 0.05) is 19.3 Å². The second-order valence-electron chi connectivity index (χ2n) is 6.35.